The van der Waals surface area contributed by atoms with Crippen LogP contribution < -0.4 is 4.90 Å². The average molecular weight is 524 g/mol. The summed E-state index contributed by atoms with van der Waals surface area (Å²) in [5, 5.41) is 11.5. The Balaban J connectivity index is 1.68. The topological polar surface area (TPSA) is 70.7 Å². The van der Waals surface area contributed by atoms with Gasteiger partial charge in [-0.15, -0.1) is 0 Å². The number of amides is 1. The number of ketones is 1. The molecule has 5 rings (SSSR count). The molecule has 1 N–H and O–H groups in total. The Hall–Kier alpha value is -3.78. The molecule has 0 aliphatic carbocycles. The second kappa shape index (κ2) is 8.22. The van der Waals surface area contributed by atoms with Gasteiger partial charge in [0.25, 0.3) is 5.91 Å². The van der Waals surface area contributed by atoms with Crippen LogP contribution in [0, 0.1) is 18.6 Å². The lowest BCUT2D eigenvalue weighted by atomic mass is 9.93. The summed E-state index contributed by atoms with van der Waals surface area (Å²) < 4.78 is 34.8. The van der Waals surface area contributed by atoms with Gasteiger partial charge in [0.15, 0.2) is 11.5 Å². The highest BCUT2D eigenvalue weighted by atomic mass is 79.9. The largest absolute Gasteiger partial charge is 0.503 e. The molecule has 0 spiro atoms. The highest BCUT2D eigenvalue weighted by Crippen LogP contribution is 2.43. The summed E-state index contributed by atoms with van der Waals surface area (Å²) in [5.74, 6) is -4.40. The zero-order chi connectivity index (χ0) is 24.1. The predicted molar refractivity (Wildman–Crippen MR) is 126 cm³/mol. The standard InChI is InChI=1S/C26H16BrF2NO4/c1-13-3-2-4-14(9-13)23-22(24(31)21-11-15-10-16(27)5-8-20(15)34-21)25(32)26(33)30(23)19-7-6-17(28)12-18(19)29/h2-12,23,32H,1H3. The third kappa shape index (κ3) is 3.60. The first-order chi connectivity index (χ1) is 16.2. The van der Waals surface area contributed by atoms with Gasteiger partial charge in [0.2, 0.25) is 5.78 Å². The van der Waals surface area contributed by atoms with E-state index >= 15 is 0 Å². The number of aliphatic hydroxyl groups is 1. The van der Waals surface area contributed by atoms with Crippen molar-refractivity contribution < 1.29 is 27.9 Å². The molecule has 3 aromatic carbocycles. The molecular weight excluding hydrogens is 508 g/mol. The molecule has 0 saturated heterocycles. The van der Waals surface area contributed by atoms with Crippen LogP contribution in [-0.2, 0) is 4.79 Å². The van der Waals surface area contributed by atoms with Gasteiger partial charge in [-0.3, -0.25) is 14.5 Å². The zero-order valence-corrected chi connectivity index (χ0v) is 19.3. The number of carbonyl (C=O) groups is 2. The van der Waals surface area contributed by atoms with Crippen molar-refractivity contribution in [1.82, 2.24) is 0 Å². The van der Waals surface area contributed by atoms with Gasteiger partial charge in [0.05, 0.1) is 17.3 Å². The maximum Gasteiger partial charge on any atom is 0.294 e. The predicted octanol–water partition coefficient (Wildman–Crippen LogP) is 6.56. The van der Waals surface area contributed by atoms with Gasteiger partial charge >= 0.3 is 0 Å². The minimum atomic E-state index is -1.15. The van der Waals surface area contributed by atoms with E-state index in [1.54, 1.807) is 36.4 Å². The number of fused-ring (bicyclic) bond motifs is 1. The second-order valence-electron chi connectivity index (χ2n) is 7.97. The van der Waals surface area contributed by atoms with Crippen molar-refractivity contribution in [1.29, 1.82) is 0 Å². The van der Waals surface area contributed by atoms with E-state index in [0.29, 0.717) is 22.6 Å². The van der Waals surface area contributed by atoms with Crippen LogP contribution in [-0.4, -0.2) is 16.8 Å². The molecule has 0 fully saturated rings. The van der Waals surface area contributed by atoms with E-state index in [0.717, 1.165) is 27.1 Å². The van der Waals surface area contributed by atoms with Crippen molar-refractivity contribution in [2.75, 3.05) is 4.90 Å². The molecule has 34 heavy (non-hydrogen) atoms. The van der Waals surface area contributed by atoms with Crippen LogP contribution >= 0.6 is 15.9 Å². The van der Waals surface area contributed by atoms with Crippen molar-refractivity contribution >= 4 is 44.3 Å². The fourth-order valence-corrected chi connectivity index (χ4v) is 4.56. The summed E-state index contributed by atoms with van der Waals surface area (Å²) in [4.78, 5) is 27.7. The number of rotatable bonds is 4. The number of aliphatic hydroxyl groups excluding tert-OH is 1. The lowest BCUT2D eigenvalue weighted by Gasteiger charge is -2.27. The van der Waals surface area contributed by atoms with Crippen LogP contribution in [0.2, 0.25) is 0 Å². The normalized spacial score (nSPS) is 16.1. The van der Waals surface area contributed by atoms with Crippen LogP contribution in [0.5, 0.6) is 0 Å². The summed E-state index contributed by atoms with van der Waals surface area (Å²) in [6.07, 6.45) is 0. The molecule has 1 aliphatic rings. The Kier molecular flexibility index (Phi) is 5.32. The van der Waals surface area contributed by atoms with Gasteiger partial charge in [-0.25, -0.2) is 8.78 Å². The molecule has 1 atom stereocenters. The van der Waals surface area contributed by atoms with E-state index < -0.39 is 35.1 Å². The number of hydrogen-bond donors (Lipinski definition) is 1. The summed E-state index contributed by atoms with van der Waals surface area (Å²) in [6, 6.07) is 15.3. The van der Waals surface area contributed by atoms with Crippen LogP contribution in [0.15, 0.2) is 87.0 Å². The third-order valence-electron chi connectivity index (χ3n) is 5.68. The molecule has 1 amide bonds. The minimum absolute atomic E-state index is 0.0819. The molecule has 0 bridgehead atoms. The lowest BCUT2D eigenvalue weighted by Crippen LogP contribution is -2.31. The fourth-order valence-electron chi connectivity index (χ4n) is 4.18. The number of benzene rings is 3. The number of aryl methyl sites for hydroxylation is 1. The number of halogens is 3. The first-order valence-corrected chi connectivity index (χ1v) is 11.1. The third-order valence-corrected chi connectivity index (χ3v) is 6.18. The smallest absolute Gasteiger partial charge is 0.294 e. The van der Waals surface area contributed by atoms with Gasteiger partial charge in [0.1, 0.15) is 17.2 Å². The molecule has 5 nitrogen and oxygen atoms in total. The van der Waals surface area contributed by atoms with Crippen LogP contribution in [0.25, 0.3) is 11.0 Å². The molecule has 4 aromatic rings. The van der Waals surface area contributed by atoms with Gasteiger partial charge in [-0.05, 0) is 48.9 Å². The number of Topliss-reactive ketones (excluding diaryl/α,β-unsaturated/α-hetero) is 1. The van der Waals surface area contributed by atoms with Gasteiger partial charge in [-0.2, -0.15) is 0 Å². The Morgan fingerprint density at radius 3 is 2.59 bits per heavy atom. The first kappa shape index (κ1) is 22.0. The molecule has 8 heteroatoms. The van der Waals surface area contributed by atoms with Crippen molar-refractivity contribution in [2.45, 2.75) is 13.0 Å². The Labute approximate surface area is 201 Å². The monoisotopic (exact) mass is 523 g/mol. The maximum absolute atomic E-state index is 14.8. The summed E-state index contributed by atoms with van der Waals surface area (Å²) >= 11 is 3.37. The SMILES string of the molecule is Cc1cccc(C2C(C(=O)c3cc4cc(Br)ccc4o3)=C(O)C(=O)N2c2ccc(F)cc2F)c1. The lowest BCUT2D eigenvalue weighted by molar-refractivity contribution is -0.117. The Bertz CT molecular complexity index is 1520. The quantitative estimate of drug-likeness (QED) is 0.307. The molecule has 1 aromatic heterocycles. The van der Waals surface area contributed by atoms with E-state index in [4.69, 9.17) is 4.42 Å². The van der Waals surface area contributed by atoms with Crippen LogP contribution in [0.3, 0.4) is 0 Å². The molecular formula is C26H16BrF2NO4. The van der Waals surface area contributed by atoms with Gasteiger partial charge in [-0.1, -0.05) is 45.8 Å². The summed E-state index contributed by atoms with van der Waals surface area (Å²) in [7, 11) is 0. The van der Waals surface area contributed by atoms with E-state index in [1.165, 1.54) is 6.07 Å². The minimum Gasteiger partial charge on any atom is -0.503 e. The van der Waals surface area contributed by atoms with E-state index in [1.807, 2.05) is 13.0 Å². The van der Waals surface area contributed by atoms with E-state index in [9.17, 15) is 23.5 Å². The van der Waals surface area contributed by atoms with Crippen molar-refractivity contribution in [3.05, 3.63) is 111 Å². The number of carbonyl (C=O) groups excluding carboxylic acids is 2. The Morgan fingerprint density at radius 2 is 1.85 bits per heavy atom. The van der Waals surface area contributed by atoms with Gasteiger partial charge in [0, 0.05) is 15.9 Å². The molecule has 1 aliphatic heterocycles. The van der Waals surface area contributed by atoms with Crippen molar-refractivity contribution in [3.8, 4) is 0 Å². The van der Waals surface area contributed by atoms with E-state index in [-0.39, 0.29) is 17.0 Å². The van der Waals surface area contributed by atoms with Crippen LogP contribution in [0.4, 0.5) is 14.5 Å². The van der Waals surface area contributed by atoms with Crippen molar-refractivity contribution in [2.24, 2.45) is 0 Å². The maximum atomic E-state index is 14.8. The van der Waals surface area contributed by atoms with Crippen LogP contribution in [0.1, 0.15) is 27.7 Å². The summed E-state index contributed by atoms with van der Waals surface area (Å²) in [5.41, 5.74) is 1.24. The average Bonchev–Trinajstić information content (AvgIpc) is 3.32. The van der Waals surface area contributed by atoms with Gasteiger partial charge < -0.3 is 9.52 Å². The Morgan fingerprint density at radius 1 is 1.06 bits per heavy atom. The molecule has 2 heterocycles. The number of nitrogens with zero attached hydrogens (tertiary/aromatic N) is 1. The summed E-state index contributed by atoms with van der Waals surface area (Å²) in [6.45, 7) is 1.82. The second-order valence-corrected chi connectivity index (χ2v) is 8.89. The van der Waals surface area contributed by atoms with E-state index in [2.05, 4.69) is 15.9 Å². The molecule has 1 unspecified atom stereocenters. The van der Waals surface area contributed by atoms with Crippen molar-refractivity contribution in [3.63, 3.8) is 0 Å². The highest BCUT2D eigenvalue weighted by molar-refractivity contribution is 9.10. The number of anilines is 1. The molecule has 170 valence electrons. The highest BCUT2D eigenvalue weighted by Gasteiger charge is 2.46. The fraction of sp³-hybridized carbons (Fsp3) is 0.0769. The number of furan rings is 1. The molecule has 0 saturated carbocycles. The number of hydrogen-bond acceptors (Lipinski definition) is 4. The molecule has 0 radical (unpaired) electrons. The zero-order valence-electron chi connectivity index (χ0n) is 17.7. The first-order valence-electron chi connectivity index (χ1n) is 10.3.